The van der Waals surface area contributed by atoms with Crippen molar-refractivity contribution in [2.75, 3.05) is 12.3 Å². The van der Waals surface area contributed by atoms with Crippen LogP contribution in [0.1, 0.15) is 49.3 Å². The number of anilines is 1. The zero-order valence-electron chi connectivity index (χ0n) is 14.7. The third-order valence-corrected chi connectivity index (χ3v) is 5.02. The molecule has 1 aliphatic heterocycles. The second-order valence-electron chi connectivity index (χ2n) is 6.88. The first-order valence-electron chi connectivity index (χ1n) is 9.04. The molecule has 25 heavy (non-hydrogen) atoms. The Morgan fingerprint density at radius 2 is 1.84 bits per heavy atom. The van der Waals surface area contributed by atoms with Gasteiger partial charge in [0.25, 0.3) is 0 Å². The summed E-state index contributed by atoms with van der Waals surface area (Å²) in [6.45, 7) is 2.01. The maximum Gasteiger partial charge on any atom is 0.0805 e. The highest BCUT2D eigenvalue weighted by molar-refractivity contribution is 5.85. The van der Waals surface area contributed by atoms with E-state index in [1.807, 2.05) is 42.5 Å². The van der Waals surface area contributed by atoms with Crippen LogP contribution >= 0.6 is 12.4 Å². The van der Waals surface area contributed by atoms with Crippen LogP contribution in [0.5, 0.6) is 0 Å². The minimum absolute atomic E-state index is 0. The van der Waals surface area contributed by atoms with Crippen LogP contribution in [0.25, 0.3) is 0 Å². The van der Waals surface area contributed by atoms with Crippen LogP contribution in [-0.4, -0.2) is 22.6 Å². The van der Waals surface area contributed by atoms with Gasteiger partial charge in [-0.15, -0.1) is 12.4 Å². The minimum Gasteiger partial charge on any atom is -0.399 e. The number of rotatable bonds is 5. The second-order valence-corrected chi connectivity index (χ2v) is 6.88. The highest BCUT2D eigenvalue weighted by atomic mass is 35.5. The van der Waals surface area contributed by atoms with Crippen molar-refractivity contribution in [1.29, 1.82) is 0 Å². The van der Waals surface area contributed by atoms with E-state index in [1.165, 1.54) is 24.8 Å². The van der Waals surface area contributed by atoms with Gasteiger partial charge in [-0.25, -0.2) is 0 Å². The van der Waals surface area contributed by atoms with E-state index in [9.17, 15) is 5.11 Å². The van der Waals surface area contributed by atoms with E-state index < -0.39 is 6.10 Å². The zero-order chi connectivity index (χ0) is 16.8. The summed E-state index contributed by atoms with van der Waals surface area (Å²) < 4.78 is 0. The SMILES string of the molecule is Cl.Nc1cccc(CN2CCCCCC2CC(O)c2ccccc2)c1. The Morgan fingerprint density at radius 1 is 1.04 bits per heavy atom. The lowest BCUT2D eigenvalue weighted by Crippen LogP contribution is -2.35. The smallest absolute Gasteiger partial charge is 0.0805 e. The van der Waals surface area contributed by atoms with Gasteiger partial charge in [-0.3, -0.25) is 4.90 Å². The summed E-state index contributed by atoms with van der Waals surface area (Å²) in [5.74, 6) is 0. The third-order valence-electron chi connectivity index (χ3n) is 5.02. The summed E-state index contributed by atoms with van der Waals surface area (Å²) in [4.78, 5) is 2.54. The van der Waals surface area contributed by atoms with E-state index in [2.05, 4.69) is 17.0 Å². The predicted molar refractivity (Wildman–Crippen MR) is 107 cm³/mol. The van der Waals surface area contributed by atoms with Crippen molar-refractivity contribution in [3.8, 4) is 0 Å². The molecule has 0 aliphatic carbocycles. The topological polar surface area (TPSA) is 49.5 Å². The number of halogens is 1. The standard InChI is InChI=1S/C21H28N2O.ClH/c22-19-11-7-8-17(14-19)16-23-13-6-2-5-12-20(23)15-21(24)18-9-3-1-4-10-18;/h1,3-4,7-11,14,20-21,24H,2,5-6,12-13,15-16,22H2;1H. The molecule has 3 N–H and O–H groups in total. The van der Waals surface area contributed by atoms with Crippen LogP contribution in [0, 0.1) is 0 Å². The summed E-state index contributed by atoms with van der Waals surface area (Å²) in [6, 6.07) is 18.6. The molecule has 1 heterocycles. The maximum atomic E-state index is 10.6. The molecule has 1 aliphatic rings. The number of aliphatic hydroxyl groups excluding tert-OH is 1. The van der Waals surface area contributed by atoms with Gasteiger partial charge in [0.2, 0.25) is 0 Å². The molecule has 0 aromatic heterocycles. The lowest BCUT2D eigenvalue weighted by Gasteiger charge is -2.31. The highest BCUT2D eigenvalue weighted by Crippen LogP contribution is 2.27. The van der Waals surface area contributed by atoms with E-state index in [-0.39, 0.29) is 12.4 Å². The molecule has 136 valence electrons. The molecule has 0 saturated carbocycles. The summed E-state index contributed by atoms with van der Waals surface area (Å²) in [7, 11) is 0. The van der Waals surface area contributed by atoms with Gasteiger partial charge in [0.15, 0.2) is 0 Å². The van der Waals surface area contributed by atoms with Crippen molar-refractivity contribution in [3.63, 3.8) is 0 Å². The van der Waals surface area contributed by atoms with Crippen LogP contribution in [0.3, 0.4) is 0 Å². The largest absolute Gasteiger partial charge is 0.399 e. The number of aliphatic hydroxyl groups is 1. The molecule has 2 aromatic rings. The Morgan fingerprint density at radius 3 is 2.60 bits per heavy atom. The van der Waals surface area contributed by atoms with E-state index in [1.54, 1.807) is 0 Å². The molecule has 2 aromatic carbocycles. The molecule has 0 amide bonds. The zero-order valence-corrected chi connectivity index (χ0v) is 15.5. The summed E-state index contributed by atoms with van der Waals surface area (Å²) in [5, 5.41) is 10.6. The number of nitrogens with zero attached hydrogens (tertiary/aromatic N) is 1. The molecular formula is C21H29ClN2O. The number of nitrogens with two attached hydrogens (primary N) is 1. The second kappa shape index (κ2) is 9.81. The number of hydrogen-bond acceptors (Lipinski definition) is 3. The van der Waals surface area contributed by atoms with Crippen molar-refractivity contribution < 1.29 is 5.11 Å². The summed E-state index contributed by atoms with van der Waals surface area (Å²) >= 11 is 0. The normalized spacial score (nSPS) is 19.6. The maximum absolute atomic E-state index is 10.6. The third kappa shape index (κ3) is 5.74. The first-order valence-corrected chi connectivity index (χ1v) is 9.04. The Balaban J connectivity index is 0.00000225. The van der Waals surface area contributed by atoms with Crippen LogP contribution < -0.4 is 5.73 Å². The molecule has 0 spiro atoms. The average Bonchev–Trinajstić information content (AvgIpc) is 2.81. The van der Waals surface area contributed by atoms with Crippen molar-refractivity contribution in [3.05, 3.63) is 65.7 Å². The number of hydrogen-bond donors (Lipinski definition) is 2. The number of likely N-dealkylation sites (tertiary alicyclic amines) is 1. The number of benzene rings is 2. The molecule has 0 radical (unpaired) electrons. The fraction of sp³-hybridized carbons (Fsp3) is 0.429. The van der Waals surface area contributed by atoms with Crippen LogP contribution in [0.2, 0.25) is 0 Å². The Labute approximate surface area is 157 Å². The van der Waals surface area contributed by atoms with E-state index in [4.69, 9.17) is 5.73 Å². The van der Waals surface area contributed by atoms with Crippen LogP contribution in [0.4, 0.5) is 5.69 Å². The van der Waals surface area contributed by atoms with Crippen molar-refractivity contribution in [2.45, 2.75) is 50.8 Å². The van der Waals surface area contributed by atoms with Crippen LogP contribution in [0.15, 0.2) is 54.6 Å². The van der Waals surface area contributed by atoms with Crippen molar-refractivity contribution in [1.82, 2.24) is 4.90 Å². The molecule has 4 heteroatoms. The first kappa shape index (κ1) is 19.8. The van der Waals surface area contributed by atoms with E-state index >= 15 is 0 Å². The fourth-order valence-corrected chi connectivity index (χ4v) is 3.71. The quantitative estimate of drug-likeness (QED) is 0.768. The minimum atomic E-state index is -0.391. The first-order chi connectivity index (χ1) is 11.7. The van der Waals surface area contributed by atoms with Gasteiger partial charge in [0.1, 0.15) is 0 Å². The fourth-order valence-electron chi connectivity index (χ4n) is 3.71. The molecule has 2 atom stereocenters. The predicted octanol–water partition coefficient (Wildman–Crippen LogP) is 4.56. The van der Waals surface area contributed by atoms with Gasteiger partial charge >= 0.3 is 0 Å². The van der Waals surface area contributed by atoms with Gasteiger partial charge in [-0.05, 0) is 49.1 Å². The molecule has 1 saturated heterocycles. The lowest BCUT2D eigenvalue weighted by atomic mass is 9.97. The monoisotopic (exact) mass is 360 g/mol. The van der Waals surface area contributed by atoms with E-state index in [0.717, 1.165) is 37.2 Å². The van der Waals surface area contributed by atoms with Crippen molar-refractivity contribution in [2.24, 2.45) is 0 Å². The summed E-state index contributed by atoms with van der Waals surface area (Å²) in [5.41, 5.74) is 9.03. The Bertz CT molecular complexity index is 635. The van der Waals surface area contributed by atoms with Gasteiger partial charge in [0, 0.05) is 18.3 Å². The lowest BCUT2D eigenvalue weighted by molar-refractivity contribution is 0.0975. The molecule has 0 bridgehead atoms. The van der Waals surface area contributed by atoms with Crippen LogP contribution in [-0.2, 0) is 6.54 Å². The van der Waals surface area contributed by atoms with E-state index in [0.29, 0.717) is 6.04 Å². The molecule has 1 fully saturated rings. The van der Waals surface area contributed by atoms with Gasteiger partial charge in [-0.1, -0.05) is 55.3 Å². The summed E-state index contributed by atoms with van der Waals surface area (Å²) in [6.07, 6.45) is 5.33. The molecule has 3 nitrogen and oxygen atoms in total. The van der Waals surface area contributed by atoms with Gasteiger partial charge in [0.05, 0.1) is 6.10 Å². The molecule has 3 rings (SSSR count). The average molecular weight is 361 g/mol. The van der Waals surface area contributed by atoms with Gasteiger partial charge in [-0.2, -0.15) is 0 Å². The number of nitrogen functional groups attached to an aromatic ring is 1. The molecule has 2 unspecified atom stereocenters. The Kier molecular flexibility index (Phi) is 7.76. The molecular weight excluding hydrogens is 332 g/mol. The van der Waals surface area contributed by atoms with Crippen molar-refractivity contribution >= 4 is 18.1 Å². The Hall–Kier alpha value is -1.55. The highest BCUT2D eigenvalue weighted by Gasteiger charge is 2.24. The van der Waals surface area contributed by atoms with Gasteiger partial charge < -0.3 is 10.8 Å².